The number of amides is 1. The van der Waals surface area contributed by atoms with Crippen LogP contribution in [0.25, 0.3) is 6.08 Å². The summed E-state index contributed by atoms with van der Waals surface area (Å²) in [5.41, 5.74) is 1.58. The van der Waals surface area contributed by atoms with Gasteiger partial charge < -0.3 is 18.9 Å². The number of amidine groups is 1. The molecule has 2 heterocycles. The van der Waals surface area contributed by atoms with Crippen molar-refractivity contribution in [2.24, 2.45) is 4.99 Å². The monoisotopic (exact) mass is 426 g/mol. The summed E-state index contributed by atoms with van der Waals surface area (Å²) < 4.78 is 21.8. The van der Waals surface area contributed by atoms with Crippen molar-refractivity contribution in [3.63, 3.8) is 0 Å². The van der Waals surface area contributed by atoms with E-state index >= 15 is 0 Å². The van der Waals surface area contributed by atoms with E-state index in [1.807, 2.05) is 55.5 Å². The van der Waals surface area contributed by atoms with Gasteiger partial charge in [0.15, 0.2) is 16.7 Å². The molecule has 2 aliphatic heterocycles. The quantitative estimate of drug-likeness (QED) is 0.491. The van der Waals surface area contributed by atoms with Crippen molar-refractivity contribution in [2.45, 2.75) is 6.92 Å². The Morgan fingerprint density at radius 2 is 2.07 bits per heavy atom. The van der Waals surface area contributed by atoms with Crippen molar-refractivity contribution in [3.05, 3.63) is 52.9 Å². The lowest BCUT2D eigenvalue weighted by Crippen LogP contribution is -2.32. The Kier molecular flexibility index (Phi) is 6.25. The second-order valence-electron chi connectivity index (χ2n) is 6.45. The Balaban J connectivity index is 1.65. The number of carbonyl (C=O) groups is 1. The number of rotatable bonds is 7. The number of para-hydroxylation sites is 1. The highest BCUT2D eigenvalue weighted by Gasteiger charge is 2.33. The number of thioether (sulfide) groups is 1. The number of aliphatic imine (C=N–C) groups is 1. The van der Waals surface area contributed by atoms with E-state index in [2.05, 4.69) is 4.99 Å². The first kappa shape index (κ1) is 20.3. The van der Waals surface area contributed by atoms with Gasteiger partial charge in [0, 0.05) is 6.61 Å². The van der Waals surface area contributed by atoms with Gasteiger partial charge in [-0.05, 0) is 54.6 Å². The summed E-state index contributed by atoms with van der Waals surface area (Å²) in [5, 5.41) is 0.630. The molecule has 0 aromatic heterocycles. The topological polar surface area (TPSA) is 69.6 Å². The van der Waals surface area contributed by atoms with E-state index in [0.717, 1.165) is 11.3 Å². The molecule has 0 unspecified atom stereocenters. The van der Waals surface area contributed by atoms with Crippen LogP contribution >= 0.6 is 11.8 Å². The van der Waals surface area contributed by atoms with Gasteiger partial charge in [0.25, 0.3) is 5.91 Å². The van der Waals surface area contributed by atoms with E-state index in [4.69, 9.17) is 18.9 Å². The van der Waals surface area contributed by atoms with Crippen LogP contribution in [0.5, 0.6) is 17.2 Å². The molecule has 8 heteroatoms. The first-order valence-electron chi connectivity index (χ1n) is 9.60. The van der Waals surface area contributed by atoms with Crippen LogP contribution in [0, 0.1) is 0 Å². The van der Waals surface area contributed by atoms with Crippen LogP contribution in [0.4, 0.5) is 5.69 Å². The normalized spacial score (nSPS) is 17.9. The molecular weight excluding hydrogens is 404 g/mol. The zero-order chi connectivity index (χ0) is 20.9. The predicted octanol–water partition coefficient (Wildman–Crippen LogP) is 4.06. The standard InChI is InChI=1S/C22H22N2O5S/c1-3-27-10-9-24-21(25)19(30-22(24)23-16-7-5-4-6-8-16)13-15-11-17(26-2)20-18(12-15)28-14-29-20/h4-8,11-13H,3,9-10,14H2,1-2H3/b19-13-,23-22?. The lowest BCUT2D eigenvalue weighted by atomic mass is 10.1. The highest BCUT2D eigenvalue weighted by molar-refractivity contribution is 8.18. The van der Waals surface area contributed by atoms with E-state index in [1.165, 1.54) is 11.8 Å². The number of ether oxygens (including phenoxy) is 4. The smallest absolute Gasteiger partial charge is 0.266 e. The SMILES string of the molecule is CCOCCN1C(=O)/C(=C/c2cc(OC)c3c(c2)OCO3)SC1=Nc1ccccc1. The number of nitrogens with zero attached hydrogens (tertiary/aromatic N) is 2. The fourth-order valence-corrected chi connectivity index (χ4v) is 4.11. The maximum Gasteiger partial charge on any atom is 0.266 e. The van der Waals surface area contributed by atoms with E-state index in [-0.39, 0.29) is 12.7 Å². The van der Waals surface area contributed by atoms with Crippen LogP contribution in [-0.2, 0) is 9.53 Å². The van der Waals surface area contributed by atoms with Crippen molar-refractivity contribution in [2.75, 3.05) is 33.7 Å². The minimum atomic E-state index is -0.106. The number of carbonyl (C=O) groups excluding carboxylic acids is 1. The second-order valence-corrected chi connectivity index (χ2v) is 7.46. The highest BCUT2D eigenvalue weighted by Crippen LogP contribution is 2.43. The van der Waals surface area contributed by atoms with Crippen LogP contribution in [0.2, 0.25) is 0 Å². The predicted molar refractivity (Wildman–Crippen MR) is 116 cm³/mol. The summed E-state index contributed by atoms with van der Waals surface area (Å²) in [4.78, 5) is 20.0. The maximum absolute atomic E-state index is 13.1. The minimum Gasteiger partial charge on any atom is -0.493 e. The molecule has 1 fully saturated rings. The van der Waals surface area contributed by atoms with E-state index in [1.54, 1.807) is 12.0 Å². The molecule has 0 N–H and O–H groups in total. The van der Waals surface area contributed by atoms with Crippen LogP contribution in [0.1, 0.15) is 12.5 Å². The molecule has 1 saturated heterocycles. The molecular formula is C22H22N2O5S. The fourth-order valence-electron chi connectivity index (χ4n) is 3.09. The second kappa shape index (κ2) is 9.23. The average molecular weight is 426 g/mol. The van der Waals surface area contributed by atoms with Crippen molar-refractivity contribution >= 4 is 34.6 Å². The van der Waals surface area contributed by atoms with Crippen LogP contribution in [0.15, 0.2) is 52.4 Å². The molecule has 2 aromatic carbocycles. The summed E-state index contributed by atoms with van der Waals surface area (Å²) >= 11 is 1.34. The molecule has 1 amide bonds. The molecule has 2 aliphatic rings. The highest BCUT2D eigenvalue weighted by atomic mass is 32.2. The van der Waals surface area contributed by atoms with Gasteiger partial charge in [-0.1, -0.05) is 18.2 Å². The number of fused-ring (bicyclic) bond motifs is 1. The first-order valence-corrected chi connectivity index (χ1v) is 10.4. The number of benzene rings is 2. The van der Waals surface area contributed by atoms with Crippen molar-refractivity contribution < 1.29 is 23.7 Å². The zero-order valence-corrected chi connectivity index (χ0v) is 17.6. The lowest BCUT2D eigenvalue weighted by molar-refractivity contribution is -0.122. The summed E-state index contributed by atoms with van der Waals surface area (Å²) in [5.74, 6) is 1.64. The summed E-state index contributed by atoms with van der Waals surface area (Å²) in [6.07, 6.45) is 1.82. The van der Waals surface area contributed by atoms with Crippen molar-refractivity contribution in [3.8, 4) is 17.2 Å². The van der Waals surface area contributed by atoms with E-state index in [9.17, 15) is 4.79 Å². The van der Waals surface area contributed by atoms with E-state index in [0.29, 0.717) is 47.1 Å². The Labute approximate surface area is 179 Å². The van der Waals surface area contributed by atoms with Crippen molar-refractivity contribution in [1.29, 1.82) is 0 Å². The molecule has 0 atom stereocenters. The third-order valence-electron chi connectivity index (χ3n) is 4.51. The van der Waals surface area contributed by atoms with Gasteiger partial charge in [-0.3, -0.25) is 9.69 Å². The van der Waals surface area contributed by atoms with Crippen molar-refractivity contribution in [1.82, 2.24) is 4.90 Å². The molecule has 0 spiro atoms. The van der Waals surface area contributed by atoms with E-state index < -0.39 is 0 Å². The maximum atomic E-state index is 13.1. The number of methoxy groups -OCH3 is 1. The fraction of sp³-hybridized carbons (Fsp3) is 0.273. The molecule has 2 aromatic rings. The van der Waals surface area contributed by atoms with Crippen LogP contribution < -0.4 is 14.2 Å². The van der Waals surface area contributed by atoms with Gasteiger partial charge >= 0.3 is 0 Å². The summed E-state index contributed by atoms with van der Waals surface area (Å²) in [6.45, 7) is 3.56. The lowest BCUT2D eigenvalue weighted by Gasteiger charge is -2.15. The summed E-state index contributed by atoms with van der Waals surface area (Å²) in [7, 11) is 1.57. The van der Waals surface area contributed by atoms with Gasteiger partial charge in [0.2, 0.25) is 12.5 Å². The molecule has 4 rings (SSSR count). The van der Waals surface area contributed by atoms with Gasteiger partial charge in [0.1, 0.15) is 0 Å². The molecule has 7 nitrogen and oxygen atoms in total. The molecule has 0 aliphatic carbocycles. The Morgan fingerprint density at radius 1 is 1.23 bits per heavy atom. The Bertz CT molecular complexity index is 991. The van der Waals surface area contributed by atoms with Crippen LogP contribution in [-0.4, -0.2) is 49.6 Å². The van der Waals surface area contributed by atoms with Crippen LogP contribution in [0.3, 0.4) is 0 Å². The third-order valence-corrected chi connectivity index (χ3v) is 5.52. The third kappa shape index (κ3) is 4.29. The first-order chi connectivity index (χ1) is 14.7. The summed E-state index contributed by atoms with van der Waals surface area (Å²) in [6, 6.07) is 13.2. The molecule has 156 valence electrons. The van der Waals surface area contributed by atoms with Gasteiger partial charge in [-0.15, -0.1) is 0 Å². The molecule has 0 bridgehead atoms. The molecule has 30 heavy (non-hydrogen) atoms. The molecule has 0 saturated carbocycles. The Hall–Kier alpha value is -2.97. The molecule has 0 radical (unpaired) electrons. The van der Waals surface area contributed by atoms with Gasteiger partial charge in [-0.25, -0.2) is 4.99 Å². The minimum absolute atomic E-state index is 0.106. The Morgan fingerprint density at radius 3 is 2.83 bits per heavy atom. The largest absolute Gasteiger partial charge is 0.493 e. The van der Waals surface area contributed by atoms with Gasteiger partial charge in [0.05, 0.1) is 30.9 Å². The number of hydrogen-bond acceptors (Lipinski definition) is 7. The zero-order valence-electron chi connectivity index (χ0n) is 16.8. The average Bonchev–Trinajstić information content (AvgIpc) is 3.34. The van der Waals surface area contributed by atoms with Gasteiger partial charge in [-0.2, -0.15) is 0 Å². The number of hydrogen-bond donors (Lipinski definition) is 0.